The van der Waals surface area contributed by atoms with Crippen molar-refractivity contribution in [3.05, 3.63) is 11.6 Å². The number of allylic oxidation sites excluding steroid dienone is 1. The summed E-state index contributed by atoms with van der Waals surface area (Å²) in [6, 6.07) is 0.810. The van der Waals surface area contributed by atoms with Gasteiger partial charge in [-0.1, -0.05) is 18.6 Å². The Kier molecular flexibility index (Phi) is 1.12. The van der Waals surface area contributed by atoms with Crippen LogP contribution in [0.1, 0.15) is 19.8 Å². The third-order valence-electron chi connectivity index (χ3n) is 2.30. The van der Waals surface area contributed by atoms with Gasteiger partial charge in [-0.05, 0) is 19.4 Å². The second kappa shape index (κ2) is 1.84. The third kappa shape index (κ3) is 0.715. The fourth-order valence-corrected chi connectivity index (χ4v) is 1.55. The van der Waals surface area contributed by atoms with Crippen molar-refractivity contribution in [2.75, 3.05) is 6.54 Å². The van der Waals surface area contributed by atoms with Gasteiger partial charge in [0.2, 0.25) is 0 Å². The van der Waals surface area contributed by atoms with E-state index in [0.29, 0.717) is 0 Å². The van der Waals surface area contributed by atoms with E-state index in [-0.39, 0.29) is 0 Å². The van der Waals surface area contributed by atoms with Crippen molar-refractivity contribution in [3.8, 4) is 0 Å². The highest BCUT2D eigenvalue weighted by Gasteiger charge is 2.47. The van der Waals surface area contributed by atoms with Crippen LogP contribution in [0.5, 0.6) is 0 Å². The van der Waals surface area contributed by atoms with Gasteiger partial charge in [0.1, 0.15) is 0 Å². The molecule has 50 valence electrons. The Morgan fingerprint density at radius 2 is 2.56 bits per heavy atom. The molecule has 0 aromatic carbocycles. The molecule has 0 radical (unpaired) electrons. The molecule has 0 spiro atoms. The van der Waals surface area contributed by atoms with E-state index in [1.54, 1.807) is 5.57 Å². The quantitative estimate of drug-likeness (QED) is 0.558. The third-order valence-corrected chi connectivity index (χ3v) is 2.30. The van der Waals surface area contributed by atoms with E-state index in [4.69, 9.17) is 0 Å². The second-order valence-electron chi connectivity index (χ2n) is 2.98. The largest absolute Gasteiger partial charge is 0.310 e. The minimum absolute atomic E-state index is 0.810. The molecule has 2 aliphatic rings. The number of nitrogens with one attached hydrogen (secondary N) is 1. The molecule has 9 heavy (non-hydrogen) atoms. The molecule has 2 unspecified atom stereocenters. The van der Waals surface area contributed by atoms with Crippen LogP contribution < -0.4 is 5.32 Å². The number of hydrogen-bond donors (Lipinski definition) is 1. The van der Waals surface area contributed by atoms with Crippen molar-refractivity contribution >= 4 is 0 Å². The average Bonchev–Trinajstić information content (AvgIpc) is 2.27. The van der Waals surface area contributed by atoms with Gasteiger partial charge in [-0.3, -0.25) is 0 Å². The summed E-state index contributed by atoms with van der Waals surface area (Å²) in [7, 11) is 0. The smallest absolute Gasteiger partial charge is 0.0352 e. The zero-order valence-electron chi connectivity index (χ0n) is 5.85. The van der Waals surface area contributed by atoms with Gasteiger partial charge in [0, 0.05) is 12.0 Å². The molecule has 0 aromatic heterocycles. The maximum absolute atomic E-state index is 3.50. The Labute approximate surface area is 56.1 Å². The van der Waals surface area contributed by atoms with Crippen LogP contribution >= 0.6 is 0 Å². The Morgan fingerprint density at radius 1 is 1.78 bits per heavy atom. The van der Waals surface area contributed by atoms with Crippen molar-refractivity contribution in [1.29, 1.82) is 0 Å². The summed E-state index contributed by atoms with van der Waals surface area (Å²) >= 11 is 0. The van der Waals surface area contributed by atoms with E-state index in [0.717, 1.165) is 12.0 Å². The monoisotopic (exact) mass is 123 g/mol. The molecule has 0 aliphatic heterocycles. The van der Waals surface area contributed by atoms with Gasteiger partial charge < -0.3 is 5.32 Å². The van der Waals surface area contributed by atoms with Crippen molar-refractivity contribution < 1.29 is 0 Å². The molecular weight excluding hydrogens is 110 g/mol. The second-order valence-corrected chi connectivity index (χ2v) is 2.98. The minimum Gasteiger partial charge on any atom is -0.310 e. The first-order chi connectivity index (χ1) is 4.43. The Bertz CT molecular complexity index is 149. The molecule has 0 aromatic rings. The molecule has 1 heteroatoms. The highest BCUT2D eigenvalue weighted by molar-refractivity contribution is 5.43. The fraction of sp³-hybridized carbons (Fsp3) is 0.750. The van der Waals surface area contributed by atoms with Crippen molar-refractivity contribution in [3.63, 3.8) is 0 Å². The topological polar surface area (TPSA) is 12.0 Å². The predicted octanol–water partition coefficient (Wildman–Crippen LogP) is 1.31. The molecule has 2 atom stereocenters. The van der Waals surface area contributed by atoms with Crippen LogP contribution in [0.4, 0.5) is 0 Å². The molecule has 1 N–H and O–H groups in total. The van der Waals surface area contributed by atoms with Crippen LogP contribution in [0.2, 0.25) is 0 Å². The first-order valence-electron chi connectivity index (χ1n) is 3.87. The van der Waals surface area contributed by atoms with Crippen LogP contribution in [-0.4, -0.2) is 12.6 Å². The lowest BCUT2D eigenvalue weighted by Gasteiger charge is -1.96. The Hall–Kier alpha value is -0.300. The molecule has 0 heterocycles. The molecule has 0 bridgehead atoms. The summed E-state index contributed by atoms with van der Waals surface area (Å²) in [6.45, 7) is 3.41. The van der Waals surface area contributed by atoms with Crippen molar-refractivity contribution in [2.45, 2.75) is 25.8 Å². The molecule has 2 rings (SSSR count). The Morgan fingerprint density at radius 3 is 3.00 bits per heavy atom. The normalized spacial score (nSPS) is 36.8. The molecule has 0 amide bonds. The van der Waals surface area contributed by atoms with Crippen molar-refractivity contribution in [2.24, 2.45) is 5.92 Å². The highest BCUT2D eigenvalue weighted by atomic mass is 15.0. The van der Waals surface area contributed by atoms with Crippen LogP contribution in [-0.2, 0) is 0 Å². The number of rotatable bonds is 3. The molecule has 1 fully saturated rings. The lowest BCUT2D eigenvalue weighted by Crippen LogP contribution is -2.17. The van der Waals surface area contributed by atoms with E-state index in [9.17, 15) is 0 Å². The van der Waals surface area contributed by atoms with Crippen molar-refractivity contribution in [1.82, 2.24) is 5.32 Å². The van der Waals surface area contributed by atoms with E-state index in [1.807, 2.05) is 0 Å². The first-order valence-corrected chi connectivity index (χ1v) is 3.87. The van der Waals surface area contributed by atoms with Gasteiger partial charge in [-0.25, -0.2) is 0 Å². The SMILES string of the molecule is CCCNC1C2=CCC21. The molecule has 1 saturated carbocycles. The van der Waals surface area contributed by atoms with Gasteiger partial charge in [0.25, 0.3) is 0 Å². The highest BCUT2D eigenvalue weighted by Crippen LogP contribution is 2.49. The summed E-state index contributed by atoms with van der Waals surface area (Å²) in [4.78, 5) is 0. The maximum Gasteiger partial charge on any atom is 0.0352 e. The van der Waals surface area contributed by atoms with Crippen LogP contribution in [0.3, 0.4) is 0 Å². The number of fused-ring (bicyclic) bond motifs is 1. The first kappa shape index (κ1) is 5.48. The number of hydrogen-bond acceptors (Lipinski definition) is 1. The lowest BCUT2D eigenvalue weighted by molar-refractivity contribution is 0.632. The summed E-state index contributed by atoms with van der Waals surface area (Å²) in [5.41, 5.74) is 1.68. The van der Waals surface area contributed by atoms with E-state index in [2.05, 4.69) is 18.3 Å². The minimum atomic E-state index is 0.810. The van der Waals surface area contributed by atoms with Gasteiger partial charge in [0.05, 0.1) is 0 Å². The predicted molar refractivity (Wildman–Crippen MR) is 38.3 cm³/mol. The van der Waals surface area contributed by atoms with Crippen LogP contribution in [0.15, 0.2) is 11.6 Å². The van der Waals surface area contributed by atoms with Crippen LogP contribution in [0.25, 0.3) is 0 Å². The van der Waals surface area contributed by atoms with E-state index in [1.165, 1.54) is 19.4 Å². The molecule has 0 saturated heterocycles. The maximum atomic E-state index is 3.50. The zero-order valence-corrected chi connectivity index (χ0v) is 5.85. The van der Waals surface area contributed by atoms with E-state index >= 15 is 0 Å². The summed E-state index contributed by atoms with van der Waals surface area (Å²) in [6.07, 6.45) is 4.96. The molecular formula is C8H13N. The van der Waals surface area contributed by atoms with E-state index < -0.39 is 0 Å². The van der Waals surface area contributed by atoms with Gasteiger partial charge in [0.15, 0.2) is 0 Å². The fourth-order valence-electron chi connectivity index (χ4n) is 1.55. The standard InChI is InChI=1S/C8H13N/c1-2-5-9-8-6-3-4-7(6)8/h3,7-9H,2,4-5H2,1H3. The summed E-state index contributed by atoms with van der Waals surface area (Å²) < 4.78 is 0. The lowest BCUT2D eigenvalue weighted by atomic mass is 10.1. The molecule has 2 aliphatic carbocycles. The zero-order chi connectivity index (χ0) is 6.27. The Balaban J connectivity index is 1.73. The summed E-state index contributed by atoms with van der Waals surface area (Å²) in [5, 5.41) is 3.50. The average molecular weight is 123 g/mol. The van der Waals surface area contributed by atoms with Crippen LogP contribution in [0, 0.1) is 5.92 Å². The van der Waals surface area contributed by atoms with Gasteiger partial charge in [-0.15, -0.1) is 0 Å². The van der Waals surface area contributed by atoms with Gasteiger partial charge >= 0.3 is 0 Å². The summed E-state index contributed by atoms with van der Waals surface area (Å²) in [5.74, 6) is 0.969. The van der Waals surface area contributed by atoms with Gasteiger partial charge in [-0.2, -0.15) is 0 Å². The molecule has 1 nitrogen and oxygen atoms in total.